The second-order valence-corrected chi connectivity index (χ2v) is 7.25. The fourth-order valence-corrected chi connectivity index (χ4v) is 3.63. The van der Waals surface area contributed by atoms with E-state index in [0.717, 1.165) is 25.9 Å². The number of nitrogens with one attached hydrogen (secondary N) is 1. The molecule has 3 aromatic rings. The lowest BCUT2D eigenvalue weighted by Crippen LogP contribution is -2.34. The van der Waals surface area contributed by atoms with Crippen LogP contribution in [0.5, 0.6) is 0 Å². The minimum atomic E-state index is -0.162. The molecule has 0 unspecified atom stereocenters. The van der Waals surface area contributed by atoms with Crippen molar-refractivity contribution in [2.75, 3.05) is 11.9 Å². The summed E-state index contributed by atoms with van der Waals surface area (Å²) in [4.78, 5) is 19.7. The Morgan fingerprint density at radius 3 is 2.92 bits per heavy atom. The lowest BCUT2D eigenvalue weighted by atomic mass is 10.2. The molecule has 0 spiro atoms. The molecular formula is C16H18ClN5OS. The molecule has 1 N–H and O–H groups in total. The molecule has 3 aromatic heterocycles. The van der Waals surface area contributed by atoms with E-state index in [-0.39, 0.29) is 6.03 Å². The highest BCUT2D eigenvalue weighted by Gasteiger charge is 2.15. The Kier molecular flexibility index (Phi) is 4.73. The molecule has 0 aliphatic rings. The SMILES string of the molecule is CCN(Cc1ccc(Cl)s1)C(=O)Nc1cnc2c(c1)c(C)nn2C. The van der Waals surface area contributed by atoms with Gasteiger partial charge in [-0.15, -0.1) is 11.3 Å². The Bertz CT molecular complexity index is 888. The number of amides is 2. The number of hydrogen-bond acceptors (Lipinski definition) is 4. The van der Waals surface area contributed by atoms with Crippen molar-refractivity contribution in [3.8, 4) is 0 Å². The van der Waals surface area contributed by atoms with Gasteiger partial charge in [-0.1, -0.05) is 11.6 Å². The first-order chi connectivity index (χ1) is 11.5. The summed E-state index contributed by atoms with van der Waals surface area (Å²) in [7, 11) is 1.85. The molecule has 6 nitrogen and oxygen atoms in total. The molecule has 0 bridgehead atoms. The number of nitrogens with zero attached hydrogens (tertiary/aromatic N) is 4. The zero-order chi connectivity index (χ0) is 17.3. The number of pyridine rings is 1. The Labute approximate surface area is 149 Å². The number of thiophene rings is 1. The average Bonchev–Trinajstić information content (AvgIpc) is 3.08. The maximum Gasteiger partial charge on any atom is 0.322 e. The Hall–Kier alpha value is -2.12. The van der Waals surface area contributed by atoms with Crippen LogP contribution in [0.2, 0.25) is 4.34 Å². The first-order valence-electron chi connectivity index (χ1n) is 7.57. The van der Waals surface area contributed by atoms with Crippen molar-refractivity contribution in [3.63, 3.8) is 0 Å². The Balaban J connectivity index is 1.76. The lowest BCUT2D eigenvalue weighted by molar-refractivity contribution is 0.212. The van der Waals surface area contributed by atoms with Gasteiger partial charge in [-0.25, -0.2) is 9.78 Å². The summed E-state index contributed by atoms with van der Waals surface area (Å²) >= 11 is 7.43. The Morgan fingerprint density at radius 2 is 2.25 bits per heavy atom. The van der Waals surface area contributed by atoms with Crippen LogP contribution in [0, 0.1) is 6.92 Å². The molecule has 0 atom stereocenters. The molecule has 8 heteroatoms. The van der Waals surface area contributed by atoms with Crippen molar-refractivity contribution in [1.82, 2.24) is 19.7 Å². The van der Waals surface area contributed by atoms with Gasteiger partial charge in [0.05, 0.1) is 28.5 Å². The summed E-state index contributed by atoms with van der Waals surface area (Å²) in [5.74, 6) is 0. The van der Waals surface area contributed by atoms with Gasteiger partial charge in [0, 0.05) is 23.9 Å². The van der Waals surface area contributed by atoms with Crippen molar-refractivity contribution in [3.05, 3.63) is 39.3 Å². The molecule has 24 heavy (non-hydrogen) atoms. The molecule has 3 heterocycles. The molecule has 0 fully saturated rings. The fraction of sp³-hybridized carbons (Fsp3) is 0.312. The van der Waals surface area contributed by atoms with Crippen LogP contribution in [0.4, 0.5) is 10.5 Å². The monoisotopic (exact) mass is 363 g/mol. The van der Waals surface area contributed by atoms with Crippen LogP contribution in [-0.4, -0.2) is 32.2 Å². The maximum atomic E-state index is 12.5. The number of carbonyl (C=O) groups excluding carboxylic acids is 1. The summed E-state index contributed by atoms with van der Waals surface area (Å²) in [6.45, 7) is 5.00. The van der Waals surface area contributed by atoms with Crippen molar-refractivity contribution in [2.45, 2.75) is 20.4 Å². The van der Waals surface area contributed by atoms with Gasteiger partial charge in [-0.3, -0.25) is 4.68 Å². The third-order valence-electron chi connectivity index (χ3n) is 3.76. The van der Waals surface area contributed by atoms with E-state index in [4.69, 9.17) is 11.6 Å². The quantitative estimate of drug-likeness (QED) is 0.760. The number of rotatable bonds is 4. The van der Waals surface area contributed by atoms with E-state index < -0.39 is 0 Å². The lowest BCUT2D eigenvalue weighted by Gasteiger charge is -2.20. The summed E-state index contributed by atoms with van der Waals surface area (Å²) in [5.41, 5.74) is 2.34. The van der Waals surface area contributed by atoms with E-state index in [1.807, 2.05) is 39.1 Å². The van der Waals surface area contributed by atoms with E-state index in [0.29, 0.717) is 18.8 Å². The highest BCUT2D eigenvalue weighted by molar-refractivity contribution is 7.16. The van der Waals surface area contributed by atoms with E-state index >= 15 is 0 Å². The molecular weight excluding hydrogens is 346 g/mol. The minimum Gasteiger partial charge on any atom is -0.320 e. The second-order valence-electron chi connectivity index (χ2n) is 5.45. The van der Waals surface area contributed by atoms with Gasteiger partial charge in [-0.05, 0) is 32.0 Å². The van der Waals surface area contributed by atoms with Gasteiger partial charge in [0.15, 0.2) is 5.65 Å². The highest BCUT2D eigenvalue weighted by atomic mass is 35.5. The number of aryl methyl sites for hydroxylation is 2. The zero-order valence-corrected chi connectivity index (χ0v) is 15.3. The molecule has 0 radical (unpaired) electrons. The van der Waals surface area contributed by atoms with Crippen LogP contribution in [0.25, 0.3) is 11.0 Å². The molecule has 0 saturated heterocycles. The number of hydrogen-bond donors (Lipinski definition) is 1. The summed E-state index contributed by atoms with van der Waals surface area (Å²) in [6, 6.07) is 5.52. The van der Waals surface area contributed by atoms with Crippen LogP contribution in [0.3, 0.4) is 0 Å². The number of urea groups is 1. The number of aromatic nitrogens is 3. The van der Waals surface area contributed by atoms with E-state index in [1.165, 1.54) is 11.3 Å². The first kappa shape index (κ1) is 16.7. The molecule has 0 saturated carbocycles. The number of halogens is 1. The zero-order valence-electron chi connectivity index (χ0n) is 13.7. The predicted octanol–water partition coefficient (Wildman–Crippen LogP) is 4.05. The molecule has 0 aliphatic carbocycles. The molecule has 0 aliphatic heterocycles. The molecule has 2 amide bonds. The standard InChI is InChI=1S/C16H18ClN5OS/c1-4-22(9-12-5-6-14(17)24-12)16(23)19-11-7-13-10(2)20-21(3)15(13)18-8-11/h5-8H,4,9H2,1-3H3,(H,19,23). The van der Waals surface area contributed by atoms with Crippen LogP contribution in [0.1, 0.15) is 17.5 Å². The number of carbonyl (C=O) groups is 1. The average molecular weight is 364 g/mol. The van der Waals surface area contributed by atoms with Gasteiger partial charge in [0.1, 0.15) is 0 Å². The van der Waals surface area contributed by atoms with Gasteiger partial charge >= 0.3 is 6.03 Å². The summed E-state index contributed by atoms with van der Waals surface area (Å²) in [6.07, 6.45) is 1.65. The van der Waals surface area contributed by atoms with Crippen LogP contribution in [-0.2, 0) is 13.6 Å². The van der Waals surface area contributed by atoms with Gasteiger partial charge < -0.3 is 10.2 Å². The normalized spacial score (nSPS) is 11.0. The van der Waals surface area contributed by atoms with Crippen molar-refractivity contribution < 1.29 is 4.79 Å². The predicted molar refractivity (Wildman–Crippen MR) is 97.7 cm³/mol. The summed E-state index contributed by atoms with van der Waals surface area (Å²) in [5, 5.41) is 8.18. The molecule has 126 valence electrons. The minimum absolute atomic E-state index is 0.162. The van der Waals surface area contributed by atoms with Crippen LogP contribution in [0.15, 0.2) is 24.4 Å². The first-order valence-corrected chi connectivity index (χ1v) is 8.77. The third kappa shape index (κ3) is 3.37. The number of anilines is 1. The maximum absolute atomic E-state index is 12.5. The largest absolute Gasteiger partial charge is 0.322 e. The summed E-state index contributed by atoms with van der Waals surface area (Å²) < 4.78 is 2.46. The molecule has 3 rings (SSSR count). The smallest absolute Gasteiger partial charge is 0.320 e. The number of fused-ring (bicyclic) bond motifs is 1. The molecule has 0 aromatic carbocycles. The second kappa shape index (κ2) is 6.78. The third-order valence-corrected chi connectivity index (χ3v) is 4.97. The van der Waals surface area contributed by atoms with E-state index in [9.17, 15) is 4.79 Å². The van der Waals surface area contributed by atoms with Crippen molar-refractivity contribution in [2.24, 2.45) is 7.05 Å². The van der Waals surface area contributed by atoms with Crippen LogP contribution >= 0.6 is 22.9 Å². The van der Waals surface area contributed by atoms with Gasteiger partial charge in [0.25, 0.3) is 0 Å². The van der Waals surface area contributed by atoms with Crippen molar-refractivity contribution in [1.29, 1.82) is 0 Å². The van der Waals surface area contributed by atoms with Crippen LogP contribution < -0.4 is 5.32 Å². The van der Waals surface area contributed by atoms with Crippen molar-refractivity contribution >= 4 is 45.7 Å². The van der Waals surface area contributed by atoms with Gasteiger partial charge in [0.2, 0.25) is 0 Å². The van der Waals surface area contributed by atoms with E-state index in [2.05, 4.69) is 15.4 Å². The Morgan fingerprint density at radius 1 is 1.46 bits per heavy atom. The van der Waals surface area contributed by atoms with Gasteiger partial charge in [-0.2, -0.15) is 5.10 Å². The van der Waals surface area contributed by atoms with E-state index in [1.54, 1.807) is 15.8 Å². The fourth-order valence-electron chi connectivity index (χ4n) is 2.53. The topological polar surface area (TPSA) is 63.1 Å². The highest BCUT2D eigenvalue weighted by Crippen LogP contribution is 2.23.